The Hall–Kier alpha value is -4.00. The van der Waals surface area contributed by atoms with Crippen LogP contribution in [-0.2, 0) is 27.8 Å². The summed E-state index contributed by atoms with van der Waals surface area (Å²) in [7, 11) is -0.593. The van der Waals surface area contributed by atoms with Gasteiger partial charge in [-0.2, -0.15) is 0 Å². The van der Waals surface area contributed by atoms with Gasteiger partial charge in [-0.3, -0.25) is 9.69 Å². The Labute approximate surface area is 245 Å². The third-order valence-corrected chi connectivity index (χ3v) is 8.70. The lowest BCUT2D eigenvalue weighted by molar-refractivity contribution is -0.135. The molecule has 2 aliphatic rings. The van der Waals surface area contributed by atoms with Gasteiger partial charge < -0.3 is 28.6 Å². The number of fused-ring (bicyclic) bond motifs is 1. The zero-order valence-corrected chi connectivity index (χ0v) is 24.5. The Morgan fingerprint density at radius 1 is 0.857 bits per heavy atom. The molecule has 0 unspecified atom stereocenters. The highest BCUT2D eigenvalue weighted by Gasteiger charge is 2.22. The highest BCUT2D eigenvalue weighted by atomic mass is 32.2. The SMILES string of the molecule is COc1ccc(CCNS(=O)(=O)c2ccc(OCC(=O)N3CCN(Cc4ccc5c(c4)OCO5)CC3)cc2)cc1OC. The molecule has 0 aliphatic carbocycles. The lowest BCUT2D eigenvalue weighted by Crippen LogP contribution is -2.49. The van der Waals surface area contributed by atoms with Crippen LogP contribution in [0, 0.1) is 0 Å². The quantitative estimate of drug-likeness (QED) is 0.337. The number of nitrogens with zero attached hydrogens (tertiary/aromatic N) is 2. The average molecular weight is 598 g/mol. The van der Waals surface area contributed by atoms with E-state index in [1.165, 1.54) is 12.1 Å². The number of carbonyl (C=O) groups excluding carboxylic acids is 1. The van der Waals surface area contributed by atoms with Gasteiger partial charge >= 0.3 is 0 Å². The van der Waals surface area contributed by atoms with Crippen LogP contribution in [0.1, 0.15) is 11.1 Å². The minimum Gasteiger partial charge on any atom is -0.493 e. The smallest absolute Gasteiger partial charge is 0.260 e. The van der Waals surface area contributed by atoms with E-state index in [0.717, 1.165) is 42.3 Å². The summed E-state index contributed by atoms with van der Waals surface area (Å²) >= 11 is 0. The van der Waals surface area contributed by atoms with Crippen molar-refractivity contribution in [1.29, 1.82) is 0 Å². The molecule has 11 nitrogen and oxygen atoms in total. The van der Waals surface area contributed by atoms with Crippen molar-refractivity contribution in [2.24, 2.45) is 0 Å². The number of rotatable bonds is 12. The molecule has 1 fully saturated rings. The summed E-state index contributed by atoms with van der Waals surface area (Å²) in [6.45, 7) is 3.86. The summed E-state index contributed by atoms with van der Waals surface area (Å²) in [4.78, 5) is 16.9. The molecule has 1 N–H and O–H groups in total. The molecule has 5 rings (SSSR count). The van der Waals surface area contributed by atoms with Crippen molar-refractivity contribution in [3.05, 3.63) is 71.8 Å². The minimum atomic E-state index is -3.71. The molecular weight excluding hydrogens is 562 g/mol. The summed E-state index contributed by atoms with van der Waals surface area (Å²) in [6.07, 6.45) is 0.482. The number of amides is 1. The number of sulfonamides is 1. The molecule has 0 spiro atoms. The fourth-order valence-electron chi connectivity index (χ4n) is 4.85. The van der Waals surface area contributed by atoms with Crippen molar-refractivity contribution in [3.63, 3.8) is 0 Å². The first-order chi connectivity index (χ1) is 20.3. The topological polar surface area (TPSA) is 116 Å². The molecule has 1 amide bonds. The summed E-state index contributed by atoms with van der Waals surface area (Å²) in [6, 6.07) is 17.5. The van der Waals surface area contributed by atoms with E-state index in [1.807, 2.05) is 30.3 Å². The number of methoxy groups -OCH3 is 2. The van der Waals surface area contributed by atoms with E-state index in [9.17, 15) is 13.2 Å². The van der Waals surface area contributed by atoms with Crippen LogP contribution in [0.4, 0.5) is 0 Å². The van der Waals surface area contributed by atoms with Gasteiger partial charge in [0.15, 0.2) is 29.6 Å². The van der Waals surface area contributed by atoms with E-state index < -0.39 is 10.0 Å². The molecule has 2 heterocycles. The van der Waals surface area contributed by atoms with Crippen LogP contribution in [0.25, 0.3) is 0 Å². The number of piperazine rings is 1. The van der Waals surface area contributed by atoms with Gasteiger partial charge in [-0.05, 0) is 66.1 Å². The van der Waals surface area contributed by atoms with Gasteiger partial charge in [0, 0.05) is 39.3 Å². The molecule has 0 saturated carbocycles. The molecule has 42 heavy (non-hydrogen) atoms. The monoisotopic (exact) mass is 597 g/mol. The maximum absolute atomic E-state index is 12.7. The number of nitrogens with one attached hydrogen (secondary N) is 1. The Kier molecular flexibility index (Phi) is 9.35. The van der Waals surface area contributed by atoms with Crippen molar-refractivity contribution in [3.8, 4) is 28.7 Å². The van der Waals surface area contributed by atoms with Gasteiger partial charge in [-0.1, -0.05) is 12.1 Å². The predicted octanol–water partition coefficient (Wildman–Crippen LogP) is 2.68. The first-order valence-electron chi connectivity index (χ1n) is 13.7. The van der Waals surface area contributed by atoms with Gasteiger partial charge in [-0.15, -0.1) is 0 Å². The molecule has 224 valence electrons. The number of benzene rings is 3. The van der Waals surface area contributed by atoms with Crippen molar-refractivity contribution < 1.29 is 36.9 Å². The second-order valence-corrected chi connectivity index (χ2v) is 11.7. The molecule has 0 aromatic heterocycles. The Morgan fingerprint density at radius 3 is 2.31 bits per heavy atom. The summed E-state index contributed by atoms with van der Waals surface area (Å²) in [5, 5.41) is 0. The number of carbonyl (C=O) groups is 1. The third kappa shape index (κ3) is 7.25. The molecule has 1 saturated heterocycles. The van der Waals surface area contributed by atoms with E-state index >= 15 is 0 Å². The van der Waals surface area contributed by atoms with Crippen LogP contribution >= 0.6 is 0 Å². The zero-order chi connectivity index (χ0) is 29.5. The Balaban J connectivity index is 1.04. The first-order valence-corrected chi connectivity index (χ1v) is 15.1. The van der Waals surface area contributed by atoms with E-state index in [4.69, 9.17) is 23.7 Å². The molecule has 2 aliphatic heterocycles. The van der Waals surface area contributed by atoms with Gasteiger partial charge in [0.2, 0.25) is 16.8 Å². The maximum atomic E-state index is 12.7. The Bertz CT molecular complexity index is 1490. The largest absolute Gasteiger partial charge is 0.493 e. The molecular formula is C30H35N3O8S. The van der Waals surface area contributed by atoms with Crippen LogP contribution < -0.4 is 28.4 Å². The van der Waals surface area contributed by atoms with E-state index in [-0.39, 0.29) is 30.7 Å². The first kappa shape index (κ1) is 29.5. The van der Waals surface area contributed by atoms with Gasteiger partial charge in [0.1, 0.15) is 5.75 Å². The molecule has 0 bridgehead atoms. The van der Waals surface area contributed by atoms with E-state index in [1.54, 1.807) is 37.3 Å². The second kappa shape index (κ2) is 13.3. The summed E-state index contributed by atoms with van der Waals surface area (Å²) in [5.41, 5.74) is 2.05. The minimum absolute atomic E-state index is 0.105. The standard InChI is InChI=1S/C30H35N3O8S/c1-37-26-9-3-22(17-28(26)38-2)11-12-31-42(35,36)25-7-5-24(6-8-25)39-20-30(34)33-15-13-32(14-16-33)19-23-4-10-27-29(18-23)41-21-40-27/h3-10,17-18,31H,11-16,19-21H2,1-2H3. The van der Waals surface area contributed by atoms with E-state index in [2.05, 4.69) is 9.62 Å². The molecule has 3 aromatic carbocycles. The van der Waals surface area contributed by atoms with Crippen LogP contribution in [0.2, 0.25) is 0 Å². The van der Waals surface area contributed by atoms with Gasteiger partial charge in [0.25, 0.3) is 5.91 Å². The van der Waals surface area contributed by atoms with Crippen LogP contribution in [0.5, 0.6) is 28.7 Å². The van der Waals surface area contributed by atoms with Crippen LogP contribution in [0.3, 0.4) is 0 Å². The predicted molar refractivity (Wildman–Crippen MR) is 155 cm³/mol. The van der Waals surface area contributed by atoms with Crippen LogP contribution in [-0.4, -0.2) is 84.5 Å². The lowest BCUT2D eigenvalue weighted by Gasteiger charge is -2.34. The fourth-order valence-corrected chi connectivity index (χ4v) is 5.89. The lowest BCUT2D eigenvalue weighted by atomic mass is 10.1. The van der Waals surface area contributed by atoms with Crippen molar-refractivity contribution >= 4 is 15.9 Å². The van der Waals surface area contributed by atoms with Crippen molar-refractivity contribution in [2.75, 3.05) is 60.3 Å². The normalized spacial score (nSPS) is 15.0. The maximum Gasteiger partial charge on any atom is 0.260 e. The molecule has 0 radical (unpaired) electrons. The Morgan fingerprint density at radius 2 is 1.57 bits per heavy atom. The van der Waals surface area contributed by atoms with E-state index in [0.29, 0.717) is 36.8 Å². The number of hydrogen-bond acceptors (Lipinski definition) is 9. The number of ether oxygens (including phenoxy) is 5. The second-order valence-electron chi connectivity index (χ2n) is 9.94. The van der Waals surface area contributed by atoms with Crippen molar-refractivity contribution in [2.45, 2.75) is 17.9 Å². The van der Waals surface area contributed by atoms with Gasteiger partial charge in [0.05, 0.1) is 19.1 Å². The zero-order valence-electron chi connectivity index (χ0n) is 23.7. The van der Waals surface area contributed by atoms with Crippen LogP contribution in [0.15, 0.2) is 65.6 Å². The van der Waals surface area contributed by atoms with Crippen molar-refractivity contribution in [1.82, 2.24) is 14.5 Å². The molecule has 3 aromatic rings. The highest BCUT2D eigenvalue weighted by Crippen LogP contribution is 2.33. The molecule has 12 heteroatoms. The number of hydrogen-bond donors (Lipinski definition) is 1. The summed E-state index contributed by atoms with van der Waals surface area (Å²) in [5.74, 6) is 3.06. The summed E-state index contributed by atoms with van der Waals surface area (Å²) < 4.78 is 55.1. The average Bonchev–Trinajstić information content (AvgIpc) is 3.48. The fraction of sp³-hybridized carbons (Fsp3) is 0.367. The van der Waals surface area contributed by atoms with Gasteiger partial charge in [-0.25, -0.2) is 13.1 Å². The highest BCUT2D eigenvalue weighted by molar-refractivity contribution is 7.89. The third-order valence-electron chi connectivity index (χ3n) is 7.22. The molecule has 0 atom stereocenters.